The second kappa shape index (κ2) is 13.7. The summed E-state index contributed by atoms with van der Waals surface area (Å²) in [6.45, 7) is 3.82. The fraction of sp³-hybridized carbons (Fsp3) is 0.304. The van der Waals surface area contributed by atoms with Crippen molar-refractivity contribution in [3.05, 3.63) is 83.7 Å². The first-order valence-electron chi connectivity index (χ1n) is 10.2. The molecule has 0 atom stereocenters. The highest BCUT2D eigenvalue weighted by molar-refractivity contribution is 14.0. The van der Waals surface area contributed by atoms with Crippen molar-refractivity contribution in [2.24, 2.45) is 4.99 Å². The van der Waals surface area contributed by atoms with Gasteiger partial charge in [-0.25, -0.2) is 13.8 Å². The van der Waals surface area contributed by atoms with E-state index in [9.17, 15) is 8.78 Å². The van der Waals surface area contributed by atoms with Crippen LogP contribution >= 0.6 is 24.0 Å². The highest BCUT2D eigenvalue weighted by atomic mass is 127. The first kappa shape index (κ1) is 25.6. The van der Waals surface area contributed by atoms with E-state index in [1.165, 1.54) is 5.56 Å². The van der Waals surface area contributed by atoms with E-state index in [-0.39, 0.29) is 24.0 Å². The van der Waals surface area contributed by atoms with Gasteiger partial charge in [-0.3, -0.25) is 4.68 Å². The summed E-state index contributed by atoms with van der Waals surface area (Å²) < 4.78 is 31.7. The molecule has 1 heterocycles. The number of hydrogen-bond donors (Lipinski definition) is 2. The molecule has 3 rings (SSSR count). The number of alkyl halides is 2. The molecule has 0 aliphatic carbocycles. The molecule has 32 heavy (non-hydrogen) atoms. The number of nitrogens with one attached hydrogen (secondary N) is 2. The van der Waals surface area contributed by atoms with E-state index in [1.807, 2.05) is 42.1 Å². The molecule has 0 saturated carbocycles. The normalized spacial score (nSPS) is 11.2. The number of ether oxygens (including phenoxy) is 1. The Bertz CT molecular complexity index is 967. The summed E-state index contributed by atoms with van der Waals surface area (Å²) in [7, 11) is 0. The monoisotopic (exact) mass is 555 g/mol. The minimum Gasteiger partial charge on any atom is -0.488 e. The van der Waals surface area contributed by atoms with Gasteiger partial charge in [0.1, 0.15) is 12.4 Å². The molecule has 1 aromatic heterocycles. The molecule has 0 fully saturated rings. The summed E-state index contributed by atoms with van der Waals surface area (Å²) in [6.07, 6.45) is 1.21. The lowest BCUT2D eigenvalue weighted by molar-refractivity contribution is 0.0818. The Kier molecular flexibility index (Phi) is 10.9. The highest BCUT2D eigenvalue weighted by Crippen LogP contribution is 2.15. The first-order chi connectivity index (χ1) is 15.1. The van der Waals surface area contributed by atoms with Crippen LogP contribution in [0.2, 0.25) is 0 Å². The third-order valence-corrected chi connectivity index (χ3v) is 4.49. The molecule has 0 amide bonds. The minimum absolute atomic E-state index is 0. The molecule has 0 aliphatic rings. The van der Waals surface area contributed by atoms with Crippen LogP contribution in [0.3, 0.4) is 0 Å². The average Bonchev–Trinajstić information content (AvgIpc) is 3.28. The van der Waals surface area contributed by atoms with Crippen molar-refractivity contribution in [3.8, 4) is 5.75 Å². The number of aromatic nitrogens is 2. The predicted molar refractivity (Wildman–Crippen MR) is 133 cm³/mol. The second-order valence-corrected chi connectivity index (χ2v) is 6.87. The van der Waals surface area contributed by atoms with Crippen LogP contribution in [0, 0.1) is 0 Å². The van der Waals surface area contributed by atoms with E-state index in [0.717, 1.165) is 17.7 Å². The van der Waals surface area contributed by atoms with E-state index in [2.05, 4.69) is 32.9 Å². The smallest absolute Gasteiger partial charge is 0.272 e. The quantitative estimate of drug-likeness (QED) is 0.221. The molecule has 0 spiro atoms. The number of benzene rings is 2. The Morgan fingerprint density at radius 3 is 2.62 bits per heavy atom. The molecular formula is C23H28F2IN5O. The van der Waals surface area contributed by atoms with Gasteiger partial charge in [-0.1, -0.05) is 36.4 Å². The summed E-state index contributed by atoms with van der Waals surface area (Å²) in [4.78, 5) is 4.61. The van der Waals surface area contributed by atoms with Gasteiger partial charge in [0.2, 0.25) is 0 Å². The topological polar surface area (TPSA) is 63.5 Å². The minimum atomic E-state index is -2.50. The Balaban J connectivity index is 0.00000363. The van der Waals surface area contributed by atoms with Gasteiger partial charge in [-0.15, -0.1) is 24.0 Å². The SMILES string of the molecule is CCNC(=NCc1cccc(OCC(F)F)c1)NCc1ccccc1Cn1cccn1.I. The number of halogens is 3. The predicted octanol–water partition coefficient (Wildman–Crippen LogP) is 4.45. The third kappa shape index (κ3) is 8.45. The van der Waals surface area contributed by atoms with E-state index in [1.54, 1.807) is 24.4 Å². The van der Waals surface area contributed by atoms with Crippen LogP contribution in [0.4, 0.5) is 8.78 Å². The standard InChI is InChI=1S/C23H27F2N5O.HI/c1-2-26-23(27-14-18-7-5-10-21(13-18)31-17-22(24)25)28-15-19-8-3-4-9-20(19)16-30-12-6-11-29-30;/h3-13,22H,2,14-17H2,1H3,(H2,26,27,28);1H. The molecule has 3 aromatic rings. The van der Waals surface area contributed by atoms with E-state index < -0.39 is 13.0 Å². The number of hydrogen-bond acceptors (Lipinski definition) is 3. The molecule has 9 heteroatoms. The van der Waals surface area contributed by atoms with Gasteiger partial charge in [-0.05, 0) is 41.8 Å². The van der Waals surface area contributed by atoms with Gasteiger partial charge in [0.25, 0.3) is 6.43 Å². The Hall–Kier alpha value is -2.69. The van der Waals surface area contributed by atoms with Crippen molar-refractivity contribution < 1.29 is 13.5 Å². The molecule has 2 aromatic carbocycles. The summed E-state index contributed by atoms with van der Waals surface area (Å²) in [5.41, 5.74) is 3.22. The number of rotatable bonds is 10. The molecule has 0 radical (unpaired) electrons. The van der Waals surface area contributed by atoms with Crippen LogP contribution in [-0.2, 0) is 19.6 Å². The van der Waals surface area contributed by atoms with Crippen LogP contribution in [-0.4, -0.2) is 35.3 Å². The van der Waals surface area contributed by atoms with E-state index in [0.29, 0.717) is 31.3 Å². The first-order valence-corrected chi connectivity index (χ1v) is 10.2. The molecule has 0 bridgehead atoms. The maximum Gasteiger partial charge on any atom is 0.272 e. The summed E-state index contributed by atoms with van der Waals surface area (Å²) in [5, 5.41) is 10.9. The largest absolute Gasteiger partial charge is 0.488 e. The van der Waals surface area contributed by atoms with Gasteiger partial charge in [0.15, 0.2) is 5.96 Å². The van der Waals surface area contributed by atoms with Crippen molar-refractivity contribution in [1.29, 1.82) is 0 Å². The van der Waals surface area contributed by atoms with E-state index in [4.69, 9.17) is 4.74 Å². The Morgan fingerprint density at radius 2 is 1.91 bits per heavy atom. The zero-order valence-electron chi connectivity index (χ0n) is 17.9. The number of nitrogens with zero attached hydrogens (tertiary/aromatic N) is 3. The Labute approximate surface area is 204 Å². The number of guanidine groups is 1. The Morgan fingerprint density at radius 1 is 1.09 bits per heavy atom. The maximum absolute atomic E-state index is 12.4. The number of aliphatic imine (C=N–C) groups is 1. The average molecular weight is 555 g/mol. The molecule has 0 unspecified atom stereocenters. The van der Waals surface area contributed by atoms with Gasteiger partial charge in [-0.2, -0.15) is 5.10 Å². The molecule has 0 saturated heterocycles. The third-order valence-electron chi connectivity index (χ3n) is 4.49. The zero-order chi connectivity index (χ0) is 21.9. The second-order valence-electron chi connectivity index (χ2n) is 6.87. The highest BCUT2D eigenvalue weighted by Gasteiger charge is 2.06. The summed E-state index contributed by atoms with van der Waals surface area (Å²) in [5.74, 6) is 1.09. The fourth-order valence-electron chi connectivity index (χ4n) is 3.04. The molecule has 172 valence electrons. The van der Waals surface area contributed by atoms with E-state index >= 15 is 0 Å². The van der Waals surface area contributed by atoms with Crippen molar-refractivity contribution in [3.63, 3.8) is 0 Å². The van der Waals surface area contributed by atoms with Gasteiger partial charge in [0, 0.05) is 25.5 Å². The van der Waals surface area contributed by atoms with Crippen molar-refractivity contribution in [1.82, 2.24) is 20.4 Å². The van der Waals surface area contributed by atoms with Crippen molar-refractivity contribution >= 4 is 29.9 Å². The lowest BCUT2D eigenvalue weighted by atomic mass is 10.1. The van der Waals surface area contributed by atoms with Crippen molar-refractivity contribution in [2.45, 2.75) is 33.0 Å². The molecule has 0 aliphatic heterocycles. The maximum atomic E-state index is 12.4. The molecule has 2 N–H and O–H groups in total. The zero-order valence-corrected chi connectivity index (χ0v) is 20.2. The van der Waals surface area contributed by atoms with Crippen molar-refractivity contribution in [2.75, 3.05) is 13.2 Å². The van der Waals surface area contributed by atoms with Crippen LogP contribution in [0.1, 0.15) is 23.6 Å². The van der Waals surface area contributed by atoms with Crippen LogP contribution in [0.15, 0.2) is 72.0 Å². The van der Waals surface area contributed by atoms with Gasteiger partial charge in [0.05, 0.1) is 13.1 Å². The molecular weight excluding hydrogens is 527 g/mol. The van der Waals surface area contributed by atoms with Crippen LogP contribution in [0.5, 0.6) is 5.75 Å². The lowest BCUT2D eigenvalue weighted by Gasteiger charge is -2.14. The molecule has 6 nitrogen and oxygen atoms in total. The van der Waals surface area contributed by atoms with Crippen LogP contribution < -0.4 is 15.4 Å². The summed E-state index contributed by atoms with van der Waals surface area (Å²) in [6, 6.07) is 17.2. The lowest BCUT2D eigenvalue weighted by Crippen LogP contribution is -2.37. The summed E-state index contributed by atoms with van der Waals surface area (Å²) >= 11 is 0. The van der Waals surface area contributed by atoms with Gasteiger partial charge < -0.3 is 15.4 Å². The fourth-order valence-corrected chi connectivity index (χ4v) is 3.04. The van der Waals surface area contributed by atoms with Gasteiger partial charge >= 0.3 is 0 Å². The van der Waals surface area contributed by atoms with Crippen LogP contribution in [0.25, 0.3) is 0 Å².